The fourth-order valence-corrected chi connectivity index (χ4v) is 2.28. The highest BCUT2D eigenvalue weighted by molar-refractivity contribution is 5.85. The van der Waals surface area contributed by atoms with E-state index in [1.54, 1.807) is 6.07 Å². The largest absolute Gasteiger partial charge is 0.416 e. The highest BCUT2D eigenvalue weighted by Gasteiger charge is 2.33. The maximum Gasteiger partial charge on any atom is 0.416 e. The molecule has 0 saturated carbocycles. The molecule has 0 saturated heterocycles. The number of rotatable bonds is 3. The third-order valence-corrected chi connectivity index (χ3v) is 3.52. The van der Waals surface area contributed by atoms with E-state index in [1.807, 2.05) is 24.3 Å². The van der Waals surface area contributed by atoms with Gasteiger partial charge in [-0.15, -0.1) is 12.4 Å². The van der Waals surface area contributed by atoms with Crippen LogP contribution in [0.5, 0.6) is 0 Å². The van der Waals surface area contributed by atoms with Gasteiger partial charge in [0.2, 0.25) is 0 Å². The SMILES string of the molecule is CC(C)c1cccc(-c2ccc(CN)c(C(F)(F)F)c2)c1.Cl. The summed E-state index contributed by atoms with van der Waals surface area (Å²) in [6, 6.07) is 11.9. The topological polar surface area (TPSA) is 26.0 Å². The molecule has 0 aliphatic heterocycles. The molecule has 22 heavy (non-hydrogen) atoms. The molecular formula is C17H19ClF3N. The molecule has 2 aromatic rings. The van der Waals surface area contributed by atoms with Crippen LogP contribution < -0.4 is 5.73 Å². The maximum absolute atomic E-state index is 13.1. The summed E-state index contributed by atoms with van der Waals surface area (Å²) < 4.78 is 39.2. The van der Waals surface area contributed by atoms with Crippen LogP contribution in [0, 0.1) is 0 Å². The van der Waals surface area contributed by atoms with Crippen molar-refractivity contribution in [3.63, 3.8) is 0 Å². The van der Waals surface area contributed by atoms with Gasteiger partial charge < -0.3 is 5.73 Å². The average molecular weight is 330 g/mol. The quantitative estimate of drug-likeness (QED) is 0.804. The first kappa shape index (κ1) is 18.5. The Labute approximate surface area is 134 Å². The Morgan fingerprint density at radius 2 is 1.64 bits per heavy atom. The normalized spacial score (nSPS) is 11.4. The first-order valence-corrected chi connectivity index (χ1v) is 6.83. The summed E-state index contributed by atoms with van der Waals surface area (Å²) in [5.74, 6) is 0.329. The molecule has 0 aromatic heterocycles. The van der Waals surface area contributed by atoms with Gasteiger partial charge in [0.25, 0.3) is 0 Å². The standard InChI is InChI=1S/C17H18F3N.ClH/c1-11(2)12-4-3-5-13(8-12)14-6-7-15(10-21)16(9-14)17(18,19)20;/h3-9,11H,10,21H2,1-2H3;1H. The molecule has 0 heterocycles. The van der Waals surface area contributed by atoms with Crippen LogP contribution >= 0.6 is 12.4 Å². The summed E-state index contributed by atoms with van der Waals surface area (Å²) in [5, 5.41) is 0. The van der Waals surface area contributed by atoms with Crippen LogP contribution in [-0.2, 0) is 12.7 Å². The molecular weight excluding hydrogens is 311 g/mol. The maximum atomic E-state index is 13.1. The van der Waals surface area contributed by atoms with Gasteiger partial charge >= 0.3 is 6.18 Å². The van der Waals surface area contributed by atoms with Crippen LogP contribution in [-0.4, -0.2) is 0 Å². The van der Waals surface area contributed by atoms with Crippen LogP contribution in [0.3, 0.4) is 0 Å². The van der Waals surface area contributed by atoms with Crippen molar-refractivity contribution >= 4 is 12.4 Å². The van der Waals surface area contributed by atoms with Crippen molar-refractivity contribution < 1.29 is 13.2 Å². The summed E-state index contributed by atoms with van der Waals surface area (Å²) in [5.41, 5.74) is 7.31. The van der Waals surface area contributed by atoms with E-state index >= 15 is 0 Å². The molecule has 0 spiro atoms. The highest BCUT2D eigenvalue weighted by Crippen LogP contribution is 2.35. The molecule has 0 fully saturated rings. The van der Waals surface area contributed by atoms with Crippen LogP contribution in [0.2, 0.25) is 0 Å². The molecule has 0 aliphatic rings. The van der Waals surface area contributed by atoms with Gasteiger partial charge in [0.05, 0.1) is 5.56 Å². The van der Waals surface area contributed by atoms with Crippen molar-refractivity contribution in [3.05, 3.63) is 59.2 Å². The van der Waals surface area contributed by atoms with Crippen molar-refractivity contribution in [1.29, 1.82) is 0 Å². The zero-order valence-corrected chi connectivity index (χ0v) is 13.3. The molecule has 0 bridgehead atoms. The molecule has 1 nitrogen and oxygen atoms in total. The summed E-state index contributed by atoms with van der Waals surface area (Å²) >= 11 is 0. The lowest BCUT2D eigenvalue weighted by Crippen LogP contribution is -2.12. The molecule has 0 radical (unpaired) electrons. The zero-order valence-electron chi connectivity index (χ0n) is 12.4. The minimum absolute atomic E-state index is 0. The Bertz CT molecular complexity index is 636. The molecule has 120 valence electrons. The summed E-state index contributed by atoms with van der Waals surface area (Å²) in [4.78, 5) is 0. The van der Waals surface area contributed by atoms with Gasteiger partial charge in [0, 0.05) is 6.54 Å². The van der Waals surface area contributed by atoms with Crippen molar-refractivity contribution in [2.24, 2.45) is 5.73 Å². The van der Waals surface area contributed by atoms with Crippen molar-refractivity contribution in [2.45, 2.75) is 32.5 Å². The molecule has 0 unspecified atom stereocenters. The lowest BCUT2D eigenvalue weighted by Gasteiger charge is -2.14. The van der Waals surface area contributed by atoms with Gasteiger partial charge in [0.15, 0.2) is 0 Å². The number of alkyl halides is 3. The van der Waals surface area contributed by atoms with E-state index in [2.05, 4.69) is 13.8 Å². The number of benzene rings is 2. The van der Waals surface area contributed by atoms with E-state index in [9.17, 15) is 13.2 Å². The highest BCUT2D eigenvalue weighted by atomic mass is 35.5. The average Bonchev–Trinajstić information content (AvgIpc) is 2.45. The Balaban J connectivity index is 0.00000242. The number of hydrogen-bond donors (Lipinski definition) is 1. The molecule has 0 aliphatic carbocycles. The number of halogens is 4. The second-order valence-electron chi connectivity index (χ2n) is 5.35. The van der Waals surface area contributed by atoms with Crippen LogP contribution in [0.1, 0.15) is 36.5 Å². The summed E-state index contributed by atoms with van der Waals surface area (Å²) in [6.07, 6.45) is -4.39. The lowest BCUT2D eigenvalue weighted by atomic mass is 9.95. The predicted octanol–water partition coefficient (Wildman–Crippen LogP) is 5.38. The van der Waals surface area contributed by atoms with E-state index < -0.39 is 11.7 Å². The zero-order chi connectivity index (χ0) is 15.6. The fraction of sp³-hybridized carbons (Fsp3) is 0.294. The first-order chi connectivity index (χ1) is 9.82. The minimum atomic E-state index is -4.39. The van der Waals surface area contributed by atoms with Crippen molar-refractivity contribution in [2.75, 3.05) is 0 Å². The number of hydrogen-bond acceptors (Lipinski definition) is 1. The second kappa shape index (κ2) is 7.16. The van der Waals surface area contributed by atoms with Crippen LogP contribution in [0.4, 0.5) is 13.2 Å². The van der Waals surface area contributed by atoms with Crippen molar-refractivity contribution in [3.8, 4) is 11.1 Å². The smallest absolute Gasteiger partial charge is 0.326 e. The third-order valence-electron chi connectivity index (χ3n) is 3.52. The van der Waals surface area contributed by atoms with E-state index in [0.29, 0.717) is 11.5 Å². The van der Waals surface area contributed by atoms with Crippen molar-refractivity contribution in [1.82, 2.24) is 0 Å². The van der Waals surface area contributed by atoms with E-state index in [4.69, 9.17) is 5.73 Å². The Hall–Kier alpha value is -1.52. The lowest BCUT2D eigenvalue weighted by molar-refractivity contribution is -0.138. The van der Waals surface area contributed by atoms with Gasteiger partial charge in [-0.25, -0.2) is 0 Å². The molecule has 2 rings (SSSR count). The van der Waals surface area contributed by atoms with Crippen LogP contribution in [0.25, 0.3) is 11.1 Å². The van der Waals surface area contributed by atoms with Gasteiger partial charge in [-0.3, -0.25) is 0 Å². The van der Waals surface area contributed by atoms with E-state index in [-0.39, 0.29) is 24.5 Å². The fourth-order valence-electron chi connectivity index (χ4n) is 2.28. The van der Waals surface area contributed by atoms with Crippen LogP contribution in [0.15, 0.2) is 42.5 Å². The van der Waals surface area contributed by atoms with Gasteiger partial charge in [-0.2, -0.15) is 13.2 Å². The molecule has 2 aromatic carbocycles. The second-order valence-corrected chi connectivity index (χ2v) is 5.35. The molecule has 0 amide bonds. The third kappa shape index (κ3) is 4.02. The van der Waals surface area contributed by atoms with Gasteiger partial charge in [-0.1, -0.05) is 50.2 Å². The Morgan fingerprint density at radius 1 is 1.00 bits per heavy atom. The summed E-state index contributed by atoms with van der Waals surface area (Å²) in [7, 11) is 0. The Morgan fingerprint density at radius 3 is 2.18 bits per heavy atom. The minimum Gasteiger partial charge on any atom is -0.326 e. The molecule has 2 N–H and O–H groups in total. The Kier molecular flexibility index (Phi) is 6.03. The summed E-state index contributed by atoms with van der Waals surface area (Å²) in [6.45, 7) is 3.98. The number of nitrogens with two attached hydrogens (primary N) is 1. The van der Waals surface area contributed by atoms with E-state index in [1.165, 1.54) is 12.1 Å². The predicted molar refractivity (Wildman–Crippen MR) is 86.1 cm³/mol. The first-order valence-electron chi connectivity index (χ1n) is 6.83. The molecule has 5 heteroatoms. The monoisotopic (exact) mass is 329 g/mol. The van der Waals surface area contributed by atoms with E-state index in [0.717, 1.165) is 11.1 Å². The van der Waals surface area contributed by atoms with Gasteiger partial charge in [0.1, 0.15) is 0 Å². The molecule has 0 atom stereocenters. The van der Waals surface area contributed by atoms with Gasteiger partial charge in [-0.05, 0) is 34.2 Å².